The third-order valence-electron chi connectivity index (χ3n) is 4.49. The molecule has 0 saturated carbocycles. The first-order valence-electron chi connectivity index (χ1n) is 7.99. The Bertz CT molecular complexity index is 887. The third kappa shape index (κ3) is 2.36. The van der Waals surface area contributed by atoms with Crippen molar-refractivity contribution in [1.82, 2.24) is 14.7 Å². The van der Waals surface area contributed by atoms with Crippen LogP contribution < -0.4 is 0 Å². The van der Waals surface area contributed by atoms with Gasteiger partial charge in [-0.3, -0.25) is 4.79 Å². The summed E-state index contributed by atoms with van der Waals surface area (Å²) in [5.74, 6) is 0.166. The van der Waals surface area contributed by atoms with Crippen molar-refractivity contribution < 1.29 is 4.79 Å². The number of nitrogens with zero attached hydrogens (tertiary/aromatic N) is 3. The van der Waals surface area contributed by atoms with Crippen molar-refractivity contribution in [3.05, 3.63) is 46.5 Å². The van der Waals surface area contributed by atoms with Gasteiger partial charge >= 0.3 is 0 Å². The average Bonchev–Trinajstić information content (AvgIpc) is 3.26. The number of likely N-dealkylation sites (tertiary alicyclic amines) is 1. The first kappa shape index (κ1) is 14.5. The van der Waals surface area contributed by atoms with Crippen LogP contribution in [0.15, 0.2) is 30.3 Å². The lowest BCUT2D eigenvalue weighted by Gasteiger charge is -2.13. The molecule has 0 N–H and O–H groups in total. The number of aryl methyl sites for hydroxylation is 2. The number of benzene rings is 1. The Kier molecular flexibility index (Phi) is 3.45. The zero-order valence-corrected chi connectivity index (χ0v) is 14.2. The topological polar surface area (TPSA) is 38.1 Å². The molecule has 4 nitrogen and oxygen atoms in total. The lowest BCUT2D eigenvalue weighted by atomic mass is 10.2. The molecule has 0 radical (unpaired) electrons. The number of carbonyl (C=O) groups is 1. The molecule has 1 fully saturated rings. The van der Waals surface area contributed by atoms with Crippen LogP contribution in [0.4, 0.5) is 0 Å². The van der Waals surface area contributed by atoms with Crippen LogP contribution in [0.1, 0.15) is 33.8 Å². The molecule has 4 rings (SSSR count). The first-order chi connectivity index (χ1) is 11.1. The zero-order chi connectivity index (χ0) is 16.0. The van der Waals surface area contributed by atoms with Crippen LogP contribution in [0.25, 0.3) is 15.9 Å². The van der Waals surface area contributed by atoms with Crippen molar-refractivity contribution in [3.8, 4) is 5.69 Å². The molecule has 5 heteroatoms. The number of aromatic nitrogens is 2. The van der Waals surface area contributed by atoms with E-state index in [0.717, 1.165) is 52.4 Å². The van der Waals surface area contributed by atoms with E-state index >= 15 is 0 Å². The summed E-state index contributed by atoms with van der Waals surface area (Å²) >= 11 is 1.55. The Morgan fingerprint density at radius 2 is 1.91 bits per heavy atom. The Balaban J connectivity index is 1.82. The van der Waals surface area contributed by atoms with Crippen LogP contribution in [-0.2, 0) is 0 Å². The van der Waals surface area contributed by atoms with Gasteiger partial charge < -0.3 is 4.90 Å². The van der Waals surface area contributed by atoms with Crippen LogP contribution in [0, 0.1) is 13.8 Å². The van der Waals surface area contributed by atoms with Gasteiger partial charge in [0, 0.05) is 18.5 Å². The number of carbonyl (C=O) groups excluding carboxylic acids is 1. The number of hydrogen-bond acceptors (Lipinski definition) is 3. The molecule has 2 aromatic heterocycles. The average molecular weight is 325 g/mol. The van der Waals surface area contributed by atoms with E-state index in [1.54, 1.807) is 11.3 Å². The Labute approximate surface area is 139 Å². The van der Waals surface area contributed by atoms with Gasteiger partial charge in [-0.1, -0.05) is 18.2 Å². The monoisotopic (exact) mass is 325 g/mol. The lowest BCUT2D eigenvalue weighted by Crippen LogP contribution is -2.26. The maximum atomic E-state index is 12.6. The zero-order valence-electron chi connectivity index (χ0n) is 13.4. The van der Waals surface area contributed by atoms with E-state index in [0.29, 0.717) is 0 Å². The molecule has 1 aliphatic rings. The molecule has 23 heavy (non-hydrogen) atoms. The normalized spacial score (nSPS) is 14.8. The molecule has 1 amide bonds. The highest BCUT2D eigenvalue weighted by Crippen LogP contribution is 2.32. The maximum Gasteiger partial charge on any atom is 0.264 e. The van der Waals surface area contributed by atoms with Gasteiger partial charge in [0.15, 0.2) is 0 Å². The fraction of sp³-hybridized carbons (Fsp3) is 0.333. The standard InChI is InChI=1S/C18H19N3OS/c1-12-7-3-4-8-15(12)21-18-14(13(2)19-21)11-16(23-18)17(22)20-9-5-6-10-20/h3-4,7-8,11H,5-6,9-10H2,1-2H3. The Morgan fingerprint density at radius 3 is 2.65 bits per heavy atom. The number of fused-ring (bicyclic) bond motifs is 1. The van der Waals surface area contributed by atoms with Crippen LogP contribution in [0.5, 0.6) is 0 Å². The summed E-state index contributed by atoms with van der Waals surface area (Å²) in [6, 6.07) is 10.2. The molecule has 0 bridgehead atoms. The second kappa shape index (κ2) is 5.49. The molecule has 118 valence electrons. The van der Waals surface area contributed by atoms with Gasteiger partial charge in [0.05, 0.1) is 16.3 Å². The summed E-state index contributed by atoms with van der Waals surface area (Å²) in [7, 11) is 0. The number of amides is 1. The summed E-state index contributed by atoms with van der Waals surface area (Å²) in [6.45, 7) is 5.86. The largest absolute Gasteiger partial charge is 0.338 e. The fourth-order valence-electron chi connectivity index (χ4n) is 3.19. The summed E-state index contributed by atoms with van der Waals surface area (Å²) in [6.07, 6.45) is 2.24. The highest BCUT2D eigenvalue weighted by atomic mass is 32.1. The predicted molar refractivity (Wildman–Crippen MR) is 93.6 cm³/mol. The number of hydrogen-bond donors (Lipinski definition) is 0. The molecule has 1 aliphatic heterocycles. The van der Waals surface area contributed by atoms with Crippen molar-refractivity contribution in [2.45, 2.75) is 26.7 Å². The Hall–Kier alpha value is -2.14. The number of thiophene rings is 1. The van der Waals surface area contributed by atoms with E-state index < -0.39 is 0 Å². The smallest absolute Gasteiger partial charge is 0.264 e. The molecule has 1 saturated heterocycles. The molecular weight excluding hydrogens is 306 g/mol. The summed E-state index contributed by atoms with van der Waals surface area (Å²) in [5.41, 5.74) is 3.23. The maximum absolute atomic E-state index is 12.6. The van der Waals surface area contributed by atoms with Gasteiger partial charge in [-0.2, -0.15) is 5.10 Å². The van der Waals surface area contributed by atoms with Crippen molar-refractivity contribution in [1.29, 1.82) is 0 Å². The van der Waals surface area contributed by atoms with Crippen LogP contribution in [0.3, 0.4) is 0 Å². The molecular formula is C18H19N3OS. The minimum absolute atomic E-state index is 0.166. The Morgan fingerprint density at radius 1 is 1.17 bits per heavy atom. The van der Waals surface area contributed by atoms with Crippen LogP contribution in [-0.4, -0.2) is 33.7 Å². The van der Waals surface area contributed by atoms with Crippen LogP contribution >= 0.6 is 11.3 Å². The predicted octanol–water partition coefficient (Wildman–Crippen LogP) is 3.94. The summed E-state index contributed by atoms with van der Waals surface area (Å²) in [4.78, 5) is 16.5. The van der Waals surface area contributed by atoms with Crippen molar-refractivity contribution in [2.24, 2.45) is 0 Å². The number of para-hydroxylation sites is 1. The highest BCUT2D eigenvalue weighted by Gasteiger charge is 2.23. The van der Waals surface area contributed by atoms with Gasteiger partial charge in [0.1, 0.15) is 4.83 Å². The SMILES string of the molecule is Cc1ccccc1-n1nc(C)c2cc(C(=O)N3CCCC3)sc21. The minimum atomic E-state index is 0.166. The lowest BCUT2D eigenvalue weighted by molar-refractivity contribution is 0.0797. The van der Waals surface area contributed by atoms with E-state index in [1.165, 1.54) is 5.56 Å². The van der Waals surface area contributed by atoms with E-state index in [-0.39, 0.29) is 5.91 Å². The van der Waals surface area contributed by atoms with Gasteiger partial charge in [0.25, 0.3) is 5.91 Å². The van der Waals surface area contributed by atoms with Crippen LogP contribution in [0.2, 0.25) is 0 Å². The van der Waals surface area contributed by atoms with Crippen molar-refractivity contribution in [2.75, 3.05) is 13.1 Å². The van der Waals surface area contributed by atoms with E-state index in [2.05, 4.69) is 24.2 Å². The minimum Gasteiger partial charge on any atom is -0.338 e. The quantitative estimate of drug-likeness (QED) is 0.716. The molecule has 0 spiro atoms. The molecule has 3 heterocycles. The third-order valence-corrected chi connectivity index (χ3v) is 5.59. The van der Waals surface area contributed by atoms with Gasteiger partial charge in [-0.05, 0) is 44.4 Å². The molecule has 0 aliphatic carbocycles. The van der Waals surface area contributed by atoms with Crippen molar-refractivity contribution in [3.63, 3.8) is 0 Å². The summed E-state index contributed by atoms with van der Waals surface area (Å²) in [5, 5.41) is 5.77. The van der Waals surface area contributed by atoms with Crippen molar-refractivity contribution >= 4 is 27.5 Å². The first-order valence-corrected chi connectivity index (χ1v) is 8.81. The van der Waals surface area contributed by atoms with Gasteiger partial charge in [-0.15, -0.1) is 11.3 Å². The molecule has 0 unspecified atom stereocenters. The summed E-state index contributed by atoms with van der Waals surface area (Å²) < 4.78 is 1.98. The fourth-order valence-corrected chi connectivity index (χ4v) is 4.34. The van der Waals surface area contributed by atoms with Gasteiger partial charge in [-0.25, -0.2) is 4.68 Å². The van der Waals surface area contributed by atoms with E-state index in [1.807, 2.05) is 34.7 Å². The molecule has 1 aromatic carbocycles. The molecule has 3 aromatic rings. The second-order valence-electron chi connectivity index (χ2n) is 6.11. The van der Waals surface area contributed by atoms with Gasteiger partial charge in [0.2, 0.25) is 0 Å². The van der Waals surface area contributed by atoms with E-state index in [9.17, 15) is 4.79 Å². The highest BCUT2D eigenvalue weighted by molar-refractivity contribution is 7.20. The molecule has 0 atom stereocenters. The van der Waals surface area contributed by atoms with E-state index in [4.69, 9.17) is 0 Å². The number of rotatable bonds is 2. The second-order valence-corrected chi connectivity index (χ2v) is 7.14.